The van der Waals surface area contributed by atoms with Crippen molar-refractivity contribution >= 4 is 21.9 Å². The normalized spacial score (nSPS) is 10.9. The van der Waals surface area contributed by atoms with Gasteiger partial charge in [0.1, 0.15) is 0 Å². The molecule has 0 saturated carbocycles. The second-order valence-corrected chi connectivity index (χ2v) is 7.29. The fourth-order valence-corrected chi connectivity index (χ4v) is 3.08. The number of hydrogen-bond donors (Lipinski definition) is 0. The molecule has 0 aliphatic heterocycles. The van der Waals surface area contributed by atoms with Crippen LogP contribution in [-0.2, 0) is 25.6 Å². The molecule has 0 radical (unpaired) electrons. The molecular formula is C21H29BrN2O4. The molecule has 0 bridgehead atoms. The number of carbonyl (C=O) groups is 1. The maximum Gasteiger partial charge on any atom is 0.305 e. The minimum Gasteiger partial charge on any atom is -0.466 e. The molecule has 6 nitrogen and oxygen atoms in total. The summed E-state index contributed by atoms with van der Waals surface area (Å²) in [5, 5.41) is 0. The Bertz CT molecular complexity index is 692. The van der Waals surface area contributed by atoms with Gasteiger partial charge in [-0.15, -0.1) is 0 Å². The fourth-order valence-electron chi connectivity index (χ4n) is 2.73. The molecule has 1 aromatic heterocycles. The van der Waals surface area contributed by atoms with E-state index >= 15 is 0 Å². The Morgan fingerprint density at radius 1 is 1.11 bits per heavy atom. The lowest BCUT2D eigenvalue weighted by Crippen LogP contribution is -2.05. The predicted molar refractivity (Wildman–Crippen MR) is 111 cm³/mol. The largest absolute Gasteiger partial charge is 0.466 e. The number of aromatic nitrogens is 2. The Morgan fingerprint density at radius 2 is 1.93 bits per heavy atom. The Labute approximate surface area is 175 Å². The van der Waals surface area contributed by atoms with Crippen molar-refractivity contribution in [2.24, 2.45) is 0 Å². The topological polar surface area (TPSA) is 62.6 Å². The number of rotatable bonds is 14. The lowest BCUT2D eigenvalue weighted by atomic mass is 10.2. The highest BCUT2D eigenvalue weighted by molar-refractivity contribution is 9.10. The first-order chi connectivity index (χ1) is 13.7. The molecule has 1 aromatic carbocycles. The highest BCUT2D eigenvalue weighted by Gasteiger charge is 2.06. The van der Waals surface area contributed by atoms with Crippen molar-refractivity contribution in [1.82, 2.24) is 9.55 Å². The molecule has 2 aromatic rings. The van der Waals surface area contributed by atoms with Gasteiger partial charge >= 0.3 is 5.97 Å². The number of nitrogens with zero attached hydrogens (tertiary/aromatic N) is 2. The molecule has 0 atom stereocenters. The molecule has 0 saturated heterocycles. The standard InChI is InChI=1S/C21H29BrN2O4/c1-2-28-21(25)7-4-3-5-12-26-13-6-14-27-16-18-8-9-19(22)15-20(18)24-11-10-23-17-24/h8-11,15,17H,2-7,12-14,16H2,1H3. The van der Waals surface area contributed by atoms with Crippen LogP contribution < -0.4 is 0 Å². The molecule has 28 heavy (non-hydrogen) atoms. The van der Waals surface area contributed by atoms with Gasteiger partial charge in [-0.25, -0.2) is 4.98 Å². The van der Waals surface area contributed by atoms with Crippen LogP contribution in [0.1, 0.15) is 44.6 Å². The summed E-state index contributed by atoms with van der Waals surface area (Å²) in [6.07, 6.45) is 9.64. The Balaban J connectivity index is 1.53. The predicted octanol–water partition coefficient (Wildman–Crippen LogP) is 4.68. The van der Waals surface area contributed by atoms with E-state index in [-0.39, 0.29) is 5.97 Å². The van der Waals surface area contributed by atoms with Crippen LogP contribution in [0.4, 0.5) is 0 Å². The van der Waals surface area contributed by atoms with Crippen molar-refractivity contribution in [3.05, 3.63) is 47.0 Å². The van der Waals surface area contributed by atoms with Crippen LogP contribution in [0.3, 0.4) is 0 Å². The number of benzene rings is 1. The molecule has 0 unspecified atom stereocenters. The van der Waals surface area contributed by atoms with Crippen LogP contribution in [0.2, 0.25) is 0 Å². The number of carbonyl (C=O) groups excluding carboxylic acids is 1. The molecule has 154 valence electrons. The minimum absolute atomic E-state index is 0.109. The molecule has 7 heteroatoms. The van der Waals surface area contributed by atoms with Crippen LogP contribution in [0.25, 0.3) is 5.69 Å². The Kier molecular flexibility index (Phi) is 10.9. The van der Waals surface area contributed by atoms with E-state index < -0.39 is 0 Å². The van der Waals surface area contributed by atoms with Gasteiger partial charge in [0.2, 0.25) is 0 Å². The maximum absolute atomic E-state index is 11.2. The summed E-state index contributed by atoms with van der Waals surface area (Å²) >= 11 is 3.51. The van der Waals surface area contributed by atoms with E-state index in [4.69, 9.17) is 14.2 Å². The zero-order valence-electron chi connectivity index (χ0n) is 16.4. The van der Waals surface area contributed by atoms with Crippen molar-refractivity contribution in [3.63, 3.8) is 0 Å². The summed E-state index contributed by atoms with van der Waals surface area (Å²) < 4.78 is 19.3. The van der Waals surface area contributed by atoms with Crippen LogP contribution >= 0.6 is 15.9 Å². The molecule has 0 spiro atoms. The van der Waals surface area contributed by atoms with Crippen molar-refractivity contribution in [2.75, 3.05) is 26.4 Å². The zero-order chi connectivity index (χ0) is 20.0. The molecule has 0 N–H and O–H groups in total. The highest BCUT2D eigenvalue weighted by atomic mass is 79.9. The molecule has 0 fully saturated rings. The number of ether oxygens (including phenoxy) is 3. The lowest BCUT2D eigenvalue weighted by molar-refractivity contribution is -0.143. The van der Waals surface area contributed by atoms with Crippen molar-refractivity contribution in [2.45, 2.75) is 45.6 Å². The van der Waals surface area contributed by atoms with Crippen molar-refractivity contribution in [3.8, 4) is 5.69 Å². The smallest absolute Gasteiger partial charge is 0.305 e. The first kappa shape index (κ1) is 22.6. The van der Waals surface area contributed by atoms with E-state index in [0.29, 0.717) is 32.8 Å². The summed E-state index contributed by atoms with van der Waals surface area (Å²) in [6.45, 7) is 4.90. The third-order valence-electron chi connectivity index (χ3n) is 4.14. The lowest BCUT2D eigenvalue weighted by Gasteiger charge is -2.11. The van der Waals surface area contributed by atoms with Crippen LogP contribution in [0.5, 0.6) is 0 Å². The fraction of sp³-hybridized carbons (Fsp3) is 0.524. The van der Waals surface area contributed by atoms with Crippen LogP contribution in [0.15, 0.2) is 41.4 Å². The van der Waals surface area contributed by atoms with E-state index in [1.807, 2.05) is 23.8 Å². The van der Waals surface area contributed by atoms with Gasteiger partial charge in [-0.05, 0) is 38.3 Å². The summed E-state index contributed by atoms with van der Waals surface area (Å²) in [7, 11) is 0. The molecule has 0 aliphatic carbocycles. The zero-order valence-corrected chi connectivity index (χ0v) is 18.0. The molecule has 0 amide bonds. The van der Waals surface area contributed by atoms with E-state index in [0.717, 1.165) is 48.0 Å². The average Bonchev–Trinajstić information content (AvgIpc) is 3.22. The summed E-state index contributed by atoms with van der Waals surface area (Å²) in [5.74, 6) is -0.109. The maximum atomic E-state index is 11.2. The molecule has 1 heterocycles. The van der Waals surface area contributed by atoms with Crippen molar-refractivity contribution in [1.29, 1.82) is 0 Å². The van der Waals surface area contributed by atoms with Gasteiger partial charge in [-0.3, -0.25) is 4.79 Å². The van der Waals surface area contributed by atoms with E-state index in [1.54, 1.807) is 12.5 Å². The third kappa shape index (κ3) is 8.54. The third-order valence-corrected chi connectivity index (χ3v) is 4.63. The number of imidazole rings is 1. The van der Waals surface area contributed by atoms with E-state index in [2.05, 4.69) is 33.0 Å². The van der Waals surface area contributed by atoms with Gasteiger partial charge in [0.25, 0.3) is 0 Å². The van der Waals surface area contributed by atoms with Gasteiger partial charge in [0, 0.05) is 48.7 Å². The first-order valence-corrected chi connectivity index (χ1v) is 10.6. The first-order valence-electron chi connectivity index (χ1n) is 9.78. The monoisotopic (exact) mass is 452 g/mol. The molecular weight excluding hydrogens is 424 g/mol. The highest BCUT2D eigenvalue weighted by Crippen LogP contribution is 2.21. The van der Waals surface area contributed by atoms with Crippen LogP contribution in [-0.4, -0.2) is 41.9 Å². The number of unbranched alkanes of at least 4 members (excludes halogenated alkanes) is 2. The quantitative estimate of drug-likeness (QED) is 0.307. The van der Waals surface area contributed by atoms with Gasteiger partial charge in [0.05, 0.1) is 25.2 Å². The van der Waals surface area contributed by atoms with Gasteiger partial charge in [0.15, 0.2) is 0 Å². The SMILES string of the molecule is CCOC(=O)CCCCCOCCCOCc1ccc(Br)cc1-n1ccnc1. The molecule has 2 rings (SSSR count). The van der Waals surface area contributed by atoms with E-state index in [9.17, 15) is 4.79 Å². The minimum atomic E-state index is -0.109. The summed E-state index contributed by atoms with van der Waals surface area (Å²) in [5.41, 5.74) is 2.18. The average molecular weight is 453 g/mol. The summed E-state index contributed by atoms with van der Waals surface area (Å²) in [4.78, 5) is 15.3. The van der Waals surface area contributed by atoms with Crippen LogP contribution in [0, 0.1) is 0 Å². The van der Waals surface area contributed by atoms with Gasteiger partial charge in [-0.2, -0.15) is 0 Å². The second kappa shape index (κ2) is 13.5. The Hall–Kier alpha value is -1.70. The van der Waals surface area contributed by atoms with E-state index in [1.165, 1.54) is 0 Å². The number of halogens is 1. The number of hydrogen-bond acceptors (Lipinski definition) is 5. The van der Waals surface area contributed by atoms with Crippen molar-refractivity contribution < 1.29 is 19.0 Å². The summed E-state index contributed by atoms with van der Waals surface area (Å²) in [6, 6.07) is 6.14. The molecule has 0 aliphatic rings. The number of esters is 1. The van der Waals surface area contributed by atoms with Gasteiger partial charge < -0.3 is 18.8 Å². The Morgan fingerprint density at radius 3 is 2.71 bits per heavy atom. The second-order valence-electron chi connectivity index (χ2n) is 6.38. The van der Waals surface area contributed by atoms with Gasteiger partial charge in [-0.1, -0.05) is 28.4 Å².